The van der Waals surface area contributed by atoms with Crippen LogP contribution in [0.3, 0.4) is 0 Å². The number of hydrogen-bond donors (Lipinski definition) is 2. The molecule has 4 nitrogen and oxygen atoms in total. The first-order valence-corrected chi connectivity index (χ1v) is 5.19. The smallest absolute Gasteiger partial charge is 0.0771 e. The highest BCUT2D eigenvalue weighted by atomic mass is 16.3. The Balaban J connectivity index is 1.59. The molecular weight excluding hydrogens is 178 g/mol. The van der Waals surface area contributed by atoms with E-state index in [1.54, 1.807) is 6.20 Å². The molecule has 2 N–H and O–H groups in total. The van der Waals surface area contributed by atoms with E-state index in [1.807, 2.05) is 16.9 Å². The van der Waals surface area contributed by atoms with Crippen LogP contribution in [0.1, 0.15) is 19.3 Å². The molecule has 1 aromatic heterocycles. The van der Waals surface area contributed by atoms with Gasteiger partial charge in [-0.2, -0.15) is 5.10 Å². The predicted molar refractivity (Wildman–Crippen MR) is 53.9 cm³/mol. The minimum Gasteiger partial charge on any atom is -0.389 e. The third-order valence-electron chi connectivity index (χ3n) is 2.82. The van der Waals surface area contributed by atoms with E-state index < -0.39 is 5.60 Å². The second-order valence-electron chi connectivity index (χ2n) is 4.02. The van der Waals surface area contributed by atoms with Crippen molar-refractivity contribution in [2.24, 2.45) is 0 Å². The quantitative estimate of drug-likeness (QED) is 0.668. The van der Waals surface area contributed by atoms with Gasteiger partial charge in [0.1, 0.15) is 0 Å². The minimum absolute atomic E-state index is 0.413. The van der Waals surface area contributed by atoms with E-state index in [0.717, 1.165) is 32.4 Å². The molecule has 0 unspecified atom stereocenters. The van der Waals surface area contributed by atoms with Gasteiger partial charge < -0.3 is 10.4 Å². The van der Waals surface area contributed by atoms with Crippen molar-refractivity contribution < 1.29 is 5.11 Å². The van der Waals surface area contributed by atoms with Gasteiger partial charge in [0.25, 0.3) is 0 Å². The Hall–Kier alpha value is -0.870. The molecule has 0 aromatic carbocycles. The topological polar surface area (TPSA) is 50.1 Å². The third kappa shape index (κ3) is 2.33. The fourth-order valence-electron chi connectivity index (χ4n) is 1.71. The maximum atomic E-state index is 9.78. The molecule has 0 aliphatic heterocycles. The van der Waals surface area contributed by atoms with Crippen molar-refractivity contribution in [1.29, 1.82) is 0 Å². The molecule has 0 bridgehead atoms. The summed E-state index contributed by atoms with van der Waals surface area (Å²) in [6, 6.07) is 1.92. The molecule has 1 saturated carbocycles. The molecule has 1 heterocycles. The van der Waals surface area contributed by atoms with E-state index in [0.29, 0.717) is 6.54 Å². The Kier molecular flexibility index (Phi) is 2.84. The molecule has 1 aromatic rings. The zero-order chi connectivity index (χ0) is 9.86. The summed E-state index contributed by atoms with van der Waals surface area (Å²) in [4.78, 5) is 0. The van der Waals surface area contributed by atoms with Crippen LogP contribution in [0.5, 0.6) is 0 Å². The lowest BCUT2D eigenvalue weighted by Crippen LogP contribution is -2.46. The third-order valence-corrected chi connectivity index (χ3v) is 2.82. The van der Waals surface area contributed by atoms with Crippen molar-refractivity contribution in [3.8, 4) is 0 Å². The maximum absolute atomic E-state index is 9.78. The first kappa shape index (κ1) is 9.68. The van der Waals surface area contributed by atoms with Crippen molar-refractivity contribution >= 4 is 0 Å². The summed E-state index contributed by atoms with van der Waals surface area (Å²) in [5, 5.41) is 17.1. The van der Waals surface area contributed by atoms with Gasteiger partial charge in [0, 0.05) is 25.5 Å². The summed E-state index contributed by atoms with van der Waals surface area (Å²) in [5.41, 5.74) is -0.413. The number of nitrogens with zero attached hydrogens (tertiary/aromatic N) is 2. The molecule has 78 valence electrons. The zero-order valence-electron chi connectivity index (χ0n) is 8.32. The summed E-state index contributed by atoms with van der Waals surface area (Å²) in [6.07, 6.45) is 6.78. The van der Waals surface area contributed by atoms with E-state index in [1.165, 1.54) is 0 Å². The molecule has 1 fully saturated rings. The zero-order valence-corrected chi connectivity index (χ0v) is 8.32. The van der Waals surface area contributed by atoms with Crippen molar-refractivity contribution in [1.82, 2.24) is 15.1 Å². The van der Waals surface area contributed by atoms with Crippen LogP contribution in [-0.4, -0.2) is 33.6 Å². The Labute approximate surface area is 83.9 Å². The van der Waals surface area contributed by atoms with Gasteiger partial charge in [-0.1, -0.05) is 0 Å². The number of rotatable bonds is 5. The molecule has 4 heteroatoms. The van der Waals surface area contributed by atoms with Crippen LogP contribution in [0.15, 0.2) is 18.5 Å². The van der Waals surface area contributed by atoms with Gasteiger partial charge in [-0.05, 0) is 25.3 Å². The fraction of sp³-hybridized carbons (Fsp3) is 0.700. The van der Waals surface area contributed by atoms with Crippen molar-refractivity contribution in [2.45, 2.75) is 31.4 Å². The lowest BCUT2D eigenvalue weighted by molar-refractivity contribution is -0.0312. The van der Waals surface area contributed by atoms with Crippen molar-refractivity contribution in [2.75, 3.05) is 13.1 Å². The van der Waals surface area contributed by atoms with E-state index in [4.69, 9.17) is 0 Å². The van der Waals surface area contributed by atoms with E-state index >= 15 is 0 Å². The first-order chi connectivity index (χ1) is 6.79. The standard InChI is InChI=1S/C10H17N3O/c14-10(3-1-4-10)9-11-6-8-13-7-2-5-12-13/h2,5,7,11,14H,1,3-4,6,8-9H2. The number of nitrogens with one attached hydrogen (secondary N) is 1. The first-order valence-electron chi connectivity index (χ1n) is 5.19. The molecule has 0 atom stereocenters. The lowest BCUT2D eigenvalue weighted by Gasteiger charge is -2.36. The predicted octanol–water partition coefficient (Wildman–Crippen LogP) is 0.388. The van der Waals surface area contributed by atoms with Crippen LogP contribution in [0.2, 0.25) is 0 Å². The molecule has 2 rings (SSSR count). The Bertz CT molecular complexity index is 267. The summed E-state index contributed by atoms with van der Waals surface area (Å²) >= 11 is 0. The molecule has 14 heavy (non-hydrogen) atoms. The second-order valence-corrected chi connectivity index (χ2v) is 4.02. The van der Waals surface area contributed by atoms with E-state index in [2.05, 4.69) is 10.4 Å². The van der Waals surface area contributed by atoms with Gasteiger partial charge in [-0.3, -0.25) is 4.68 Å². The van der Waals surface area contributed by atoms with Crippen molar-refractivity contribution in [3.63, 3.8) is 0 Å². The highest BCUT2D eigenvalue weighted by molar-refractivity contribution is 4.89. The highest BCUT2D eigenvalue weighted by Gasteiger charge is 2.33. The molecule has 0 radical (unpaired) electrons. The average Bonchev–Trinajstić information content (AvgIpc) is 2.62. The summed E-state index contributed by atoms with van der Waals surface area (Å²) in [7, 11) is 0. The minimum atomic E-state index is -0.413. The molecule has 1 aliphatic carbocycles. The normalized spacial score (nSPS) is 19.2. The average molecular weight is 195 g/mol. The van der Waals surface area contributed by atoms with Gasteiger partial charge in [-0.15, -0.1) is 0 Å². The highest BCUT2D eigenvalue weighted by Crippen LogP contribution is 2.30. The van der Waals surface area contributed by atoms with Crippen molar-refractivity contribution in [3.05, 3.63) is 18.5 Å². The van der Waals surface area contributed by atoms with Gasteiger partial charge in [0.2, 0.25) is 0 Å². The second kappa shape index (κ2) is 4.11. The van der Waals surface area contributed by atoms with Gasteiger partial charge in [0.05, 0.1) is 12.1 Å². The van der Waals surface area contributed by atoms with Gasteiger partial charge in [0.15, 0.2) is 0 Å². The largest absolute Gasteiger partial charge is 0.389 e. The van der Waals surface area contributed by atoms with Crippen LogP contribution < -0.4 is 5.32 Å². The maximum Gasteiger partial charge on any atom is 0.0771 e. The van der Waals surface area contributed by atoms with Crippen LogP contribution >= 0.6 is 0 Å². The number of hydrogen-bond acceptors (Lipinski definition) is 3. The summed E-state index contributed by atoms with van der Waals surface area (Å²) < 4.78 is 1.89. The van der Waals surface area contributed by atoms with Crippen LogP contribution in [0.4, 0.5) is 0 Å². The number of aromatic nitrogens is 2. The van der Waals surface area contributed by atoms with Crippen LogP contribution in [-0.2, 0) is 6.54 Å². The van der Waals surface area contributed by atoms with Crippen LogP contribution in [0.25, 0.3) is 0 Å². The SMILES string of the molecule is OC1(CNCCn2cccn2)CCC1. The van der Waals surface area contributed by atoms with Crippen LogP contribution in [0, 0.1) is 0 Å². The van der Waals surface area contributed by atoms with Gasteiger partial charge in [-0.25, -0.2) is 0 Å². The van der Waals surface area contributed by atoms with E-state index in [9.17, 15) is 5.11 Å². The monoisotopic (exact) mass is 195 g/mol. The lowest BCUT2D eigenvalue weighted by atomic mass is 9.80. The van der Waals surface area contributed by atoms with Gasteiger partial charge >= 0.3 is 0 Å². The molecule has 0 spiro atoms. The van der Waals surface area contributed by atoms with E-state index in [-0.39, 0.29) is 0 Å². The Morgan fingerprint density at radius 3 is 2.93 bits per heavy atom. The number of aliphatic hydroxyl groups is 1. The Morgan fingerprint density at radius 2 is 2.36 bits per heavy atom. The molecule has 1 aliphatic rings. The summed E-state index contributed by atoms with van der Waals surface area (Å²) in [6.45, 7) is 2.45. The summed E-state index contributed by atoms with van der Waals surface area (Å²) in [5.74, 6) is 0. The molecular formula is C10H17N3O. The Morgan fingerprint density at radius 1 is 1.50 bits per heavy atom. The fourth-order valence-corrected chi connectivity index (χ4v) is 1.71. The molecule has 0 saturated heterocycles. The molecule has 0 amide bonds.